The molecule has 1 saturated carbocycles. The molecule has 130 valence electrons. The summed E-state index contributed by atoms with van der Waals surface area (Å²) < 4.78 is 2.19. The molecule has 0 N–H and O–H groups in total. The molecule has 2 aromatic heterocycles. The van der Waals surface area contributed by atoms with Crippen molar-refractivity contribution >= 4 is 40.0 Å². The van der Waals surface area contributed by atoms with Crippen LogP contribution in [-0.2, 0) is 17.9 Å². The topological polar surface area (TPSA) is 38.1 Å². The predicted molar refractivity (Wildman–Crippen MR) is 104 cm³/mol. The van der Waals surface area contributed by atoms with E-state index in [-0.39, 0.29) is 5.91 Å². The number of carbonyl (C=O) groups excluding carboxylic acids is 1. The minimum Gasteiger partial charge on any atom is -0.334 e. The van der Waals surface area contributed by atoms with Crippen molar-refractivity contribution in [3.63, 3.8) is 0 Å². The molecule has 25 heavy (non-hydrogen) atoms. The molecule has 4 nitrogen and oxygen atoms in total. The standard InChI is InChI=1S/C19H21N3OS2/c1-2-21-17-8-4-3-7-16(17)20-19(21)25-13-18(23)22(14-9-10-14)12-15-6-5-11-24-15/h3-8,11,14H,2,9-10,12-13H2,1H3. The highest BCUT2D eigenvalue weighted by molar-refractivity contribution is 7.99. The van der Waals surface area contributed by atoms with Crippen molar-refractivity contribution in [2.45, 2.75) is 44.1 Å². The second-order valence-corrected chi connectivity index (χ2v) is 8.22. The number of nitrogens with zero attached hydrogens (tertiary/aromatic N) is 3. The number of hydrogen-bond acceptors (Lipinski definition) is 4. The number of rotatable bonds is 7. The predicted octanol–water partition coefficient (Wildman–Crippen LogP) is 4.40. The average molecular weight is 372 g/mol. The molecule has 2 heterocycles. The second kappa shape index (κ2) is 7.22. The Balaban J connectivity index is 1.47. The zero-order valence-electron chi connectivity index (χ0n) is 14.2. The quantitative estimate of drug-likeness (QED) is 0.578. The van der Waals surface area contributed by atoms with E-state index < -0.39 is 0 Å². The van der Waals surface area contributed by atoms with E-state index in [2.05, 4.69) is 33.9 Å². The van der Waals surface area contributed by atoms with E-state index in [1.807, 2.05) is 24.3 Å². The van der Waals surface area contributed by atoms with E-state index in [0.717, 1.165) is 42.1 Å². The lowest BCUT2D eigenvalue weighted by Gasteiger charge is -2.21. The summed E-state index contributed by atoms with van der Waals surface area (Å²) in [5.41, 5.74) is 2.13. The number of thioether (sulfide) groups is 1. The highest BCUT2D eigenvalue weighted by Crippen LogP contribution is 2.31. The van der Waals surface area contributed by atoms with E-state index in [1.54, 1.807) is 23.1 Å². The summed E-state index contributed by atoms with van der Waals surface area (Å²) in [6.45, 7) is 3.72. The molecule has 0 unspecified atom stereocenters. The molecular formula is C19H21N3OS2. The van der Waals surface area contributed by atoms with Crippen molar-refractivity contribution in [1.82, 2.24) is 14.5 Å². The Kier molecular flexibility index (Phi) is 4.81. The Labute approximate surface area is 155 Å². The molecule has 0 radical (unpaired) electrons. The molecule has 0 saturated heterocycles. The fourth-order valence-corrected chi connectivity index (χ4v) is 4.72. The van der Waals surface area contributed by atoms with Crippen molar-refractivity contribution in [3.05, 3.63) is 46.7 Å². The Morgan fingerprint density at radius 3 is 2.88 bits per heavy atom. The van der Waals surface area contributed by atoms with Crippen LogP contribution in [-0.4, -0.2) is 32.2 Å². The number of aromatic nitrogens is 2. The molecule has 1 aliphatic rings. The number of aryl methyl sites for hydroxylation is 1. The number of hydrogen-bond donors (Lipinski definition) is 0. The number of thiophene rings is 1. The number of benzene rings is 1. The van der Waals surface area contributed by atoms with E-state index in [9.17, 15) is 4.79 Å². The van der Waals surface area contributed by atoms with Gasteiger partial charge in [-0.3, -0.25) is 4.79 Å². The number of fused-ring (bicyclic) bond motifs is 1. The Bertz CT molecular complexity index is 868. The Hall–Kier alpha value is -1.79. The van der Waals surface area contributed by atoms with Crippen molar-refractivity contribution < 1.29 is 4.79 Å². The van der Waals surface area contributed by atoms with Crippen LogP contribution < -0.4 is 0 Å². The Morgan fingerprint density at radius 2 is 2.16 bits per heavy atom. The highest BCUT2D eigenvalue weighted by Gasteiger charge is 2.32. The summed E-state index contributed by atoms with van der Waals surface area (Å²) in [6, 6.07) is 12.7. The number of amides is 1. The zero-order valence-corrected chi connectivity index (χ0v) is 15.9. The maximum absolute atomic E-state index is 12.8. The summed E-state index contributed by atoms with van der Waals surface area (Å²) in [4.78, 5) is 20.8. The van der Waals surface area contributed by atoms with E-state index in [0.29, 0.717) is 11.8 Å². The van der Waals surface area contributed by atoms with Crippen LogP contribution in [0, 0.1) is 0 Å². The van der Waals surface area contributed by atoms with Crippen LogP contribution in [0.25, 0.3) is 11.0 Å². The fraction of sp³-hybridized carbons (Fsp3) is 0.368. The molecular weight excluding hydrogens is 350 g/mol. The minimum absolute atomic E-state index is 0.218. The van der Waals surface area contributed by atoms with Gasteiger partial charge in [-0.15, -0.1) is 11.3 Å². The molecule has 0 spiro atoms. The lowest BCUT2D eigenvalue weighted by atomic mass is 10.3. The first-order chi connectivity index (χ1) is 12.3. The van der Waals surface area contributed by atoms with Crippen LogP contribution in [0.3, 0.4) is 0 Å². The van der Waals surface area contributed by atoms with Gasteiger partial charge in [0, 0.05) is 17.5 Å². The minimum atomic E-state index is 0.218. The smallest absolute Gasteiger partial charge is 0.233 e. The molecule has 4 rings (SSSR count). The third kappa shape index (κ3) is 3.60. The van der Waals surface area contributed by atoms with Gasteiger partial charge in [0.1, 0.15) is 0 Å². The largest absolute Gasteiger partial charge is 0.334 e. The highest BCUT2D eigenvalue weighted by atomic mass is 32.2. The van der Waals surface area contributed by atoms with Crippen LogP contribution in [0.15, 0.2) is 46.9 Å². The molecule has 1 aliphatic carbocycles. The molecule has 1 amide bonds. The lowest BCUT2D eigenvalue weighted by Crippen LogP contribution is -2.33. The number of para-hydroxylation sites is 2. The van der Waals surface area contributed by atoms with Crippen LogP contribution in [0.4, 0.5) is 0 Å². The summed E-state index contributed by atoms with van der Waals surface area (Å²) in [6.07, 6.45) is 2.27. The van der Waals surface area contributed by atoms with Crippen LogP contribution in [0.2, 0.25) is 0 Å². The molecule has 0 aliphatic heterocycles. The normalized spacial score (nSPS) is 14.1. The van der Waals surface area contributed by atoms with Crippen molar-refractivity contribution in [1.29, 1.82) is 0 Å². The van der Waals surface area contributed by atoms with Crippen LogP contribution >= 0.6 is 23.1 Å². The monoisotopic (exact) mass is 371 g/mol. The third-order valence-corrected chi connectivity index (χ3v) is 6.30. The van der Waals surface area contributed by atoms with E-state index >= 15 is 0 Å². The third-order valence-electron chi connectivity index (χ3n) is 4.47. The van der Waals surface area contributed by atoms with Gasteiger partial charge >= 0.3 is 0 Å². The zero-order chi connectivity index (χ0) is 17.2. The van der Waals surface area contributed by atoms with Crippen LogP contribution in [0.5, 0.6) is 0 Å². The molecule has 6 heteroatoms. The van der Waals surface area contributed by atoms with Gasteiger partial charge in [0.15, 0.2) is 5.16 Å². The van der Waals surface area contributed by atoms with Gasteiger partial charge in [-0.1, -0.05) is 30.0 Å². The van der Waals surface area contributed by atoms with Gasteiger partial charge in [0.05, 0.1) is 23.3 Å². The van der Waals surface area contributed by atoms with Gasteiger partial charge < -0.3 is 9.47 Å². The van der Waals surface area contributed by atoms with Crippen molar-refractivity contribution in [2.75, 3.05) is 5.75 Å². The SMILES string of the molecule is CCn1c(SCC(=O)N(Cc2cccs2)C2CC2)nc2ccccc21. The maximum Gasteiger partial charge on any atom is 0.233 e. The lowest BCUT2D eigenvalue weighted by molar-refractivity contribution is -0.129. The van der Waals surface area contributed by atoms with Gasteiger partial charge in [-0.25, -0.2) is 4.98 Å². The van der Waals surface area contributed by atoms with Gasteiger partial charge in [0.25, 0.3) is 0 Å². The van der Waals surface area contributed by atoms with Crippen LogP contribution in [0.1, 0.15) is 24.6 Å². The van der Waals surface area contributed by atoms with E-state index in [1.165, 1.54) is 4.88 Å². The van der Waals surface area contributed by atoms with E-state index in [4.69, 9.17) is 4.98 Å². The summed E-state index contributed by atoms with van der Waals surface area (Å²) in [5.74, 6) is 0.668. The summed E-state index contributed by atoms with van der Waals surface area (Å²) in [7, 11) is 0. The second-order valence-electron chi connectivity index (χ2n) is 6.25. The number of imidazole rings is 1. The molecule has 0 atom stereocenters. The van der Waals surface area contributed by atoms with Gasteiger partial charge in [-0.05, 0) is 43.3 Å². The Morgan fingerprint density at radius 1 is 1.32 bits per heavy atom. The van der Waals surface area contributed by atoms with Gasteiger partial charge in [0.2, 0.25) is 5.91 Å². The first-order valence-corrected chi connectivity index (χ1v) is 10.5. The van der Waals surface area contributed by atoms with Crippen molar-refractivity contribution in [3.8, 4) is 0 Å². The molecule has 3 aromatic rings. The summed E-state index contributed by atoms with van der Waals surface area (Å²) in [5, 5.41) is 3.01. The van der Waals surface area contributed by atoms with Crippen molar-refractivity contribution in [2.24, 2.45) is 0 Å². The first-order valence-electron chi connectivity index (χ1n) is 8.66. The molecule has 1 fully saturated rings. The average Bonchev–Trinajstić information content (AvgIpc) is 3.21. The van der Waals surface area contributed by atoms with Gasteiger partial charge in [-0.2, -0.15) is 0 Å². The summed E-state index contributed by atoms with van der Waals surface area (Å²) >= 11 is 3.28. The molecule has 1 aromatic carbocycles. The molecule has 0 bridgehead atoms. The maximum atomic E-state index is 12.8. The fourth-order valence-electron chi connectivity index (χ4n) is 3.06. The number of carbonyl (C=O) groups is 1. The first kappa shape index (κ1) is 16.7.